The first kappa shape index (κ1) is 26.1. The summed E-state index contributed by atoms with van der Waals surface area (Å²) in [5.41, 5.74) is 1.09. The third-order valence-corrected chi connectivity index (χ3v) is 7.89. The van der Waals surface area contributed by atoms with Crippen LogP contribution in [0.5, 0.6) is 5.75 Å². The number of halogens is 1. The Morgan fingerprint density at radius 2 is 2.14 bits per heavy atom. The van der Waals surface area contributed by atoms with E-state index in [4.69, 9.17) is 4.74 Å². The highest BCUT2D eigenvalue weighted by Crippen LogP contribution is 2.42. The molecule has 0 saturated carbocycles. The number of ether oxygens (including phenoxy) is 1. The van der Waals surface area contributed by atoms with Gasteiger partial charge in [0, 0.05) is 17.1 Å². The Bertz CT molecular complexity index is 1240. The summed E-state index contributed by atoms with van der Waals surface area (Å²) < 4.78 is 19.2. The van der Waals surface area contributed by atoms with E-state index in [2.05, 4.69) is 21.7 Å². The molecular formula is C28H31FN2O4S. The van der Waals surface area contributed by atoms with Gasteiger partial charge in [0.05, 0.1) is 36.6 Å². The first-order valence-electron chi connectivity index (χ1n) is 12.1. The van der Waals surface area contributed by atoms with Gasteiger partial charge in [-0.2, -0.15) is 0 Å². The molecule has 0 unspecified atom stereocenters. The Kier molecular flexibility index (Phi) is 8.57. The molecule has 0 amide bonds. The number of likely N-dealkylation sites (tertiary alicyclic amines) is 1. The van der Waals surface area contributed by atoms with Gasteiger partial charge in [0.2, 0.25) is 0 Å². The molecule has 4 rings (SSSR count). The fourth-order valence-electron chi connectivity index (χ4n) is 5.06. The van der Waals surface area contributed by atoms with Crippen molar-refractivity contribution in [2.75, 3.05) is 26.7 Å². The molecule has 1 aromatic carbocycles. The number of carbonyl (C=O) groups is 1. The number of benzene rings is 1. The summed E-state index contributed by atoms with van der Waals surface area (Å²) in [6, 6.07) is 9.30. The largest absolute Gasteiger partial charge is 0.497 e. The Morgan fingerprint density at radius 3 is 2.81 bits per heavy atom. The fraction of sp³-hybridized carbons (Fsp3) is 0.429. The average molecular weight is 511 g/mol. The van der Waals surface area contributed by atoms with Crippen LogP contribution in [0.15, 0.2) is 41.9 Å². The molecule has 2 aromatic heterocycles. The van der Waals surface area contributed by atoms with Crippen LogP contribution in [0.25, 0.3) is 10.9 Å². The fourth-order valence-corrected chi connectivity index (χ4v) is 5.65. The molecule has 6 nitrogen and oxygen atoms in total. The standard InChI is InChI=1S/C28H31FN2O4S/c1-35-21-6-7-24-23(16-21)27(20(18-29)19-30-24)25(32)8-9-28(17-26(33)34)10-13-31(14-11-28)12-2-4-22-5-3-15-36-22/h3,5-7,15-16,19,25,32H,8-14,17-18H2,1H3,(H,33,34)/t25-/m0/s1. The van der Waals surface area contributed by atoms with E-state index in [0.29, 0.717) is 60.0 Å². The summed E-state index contributed by atoms with van der Waals surface area (Å²) in [6.07, 6.45) is 2.89. The Labute approximate surface area is 214 Å². The number of carboxylic acids is 1. The Hall–Kier alpha value is -2.99. The Morgan fingerprint density at radius 1 is 1.33 bits per heavy atom. The van der Waals surface area contributed by atoms with Gasteiger partial charge in [-0.15, -0.1) is 11.3 Å². The van der Waals surface area contributed by atoms with Crippen molar-refractivity contribution in [3.63, 3.8) is 0 Å². The summed E-state index contributed by atoms with van der Waals surface area (Å²) in [4.78, 5) is 19.4. The molecule has 1 atom stereocenters. The summed E-state index contributed by atoms with van der Waals surface area (Å²) in [7, 11) is 1.56. The number of pyridine rings is 1. The topological polar surface area (TPSA) is 82.9 Å². The van der Waals surface area contributed by atoms with E-state index in [1.165, 1.54) is 6.20 Å². The molecule has 0 spiro atoms. The van der Waals surface area contributed by atoms with Gasteiger partial charge in [0.25, 0.3) is 0 Å². The molecule has 1 fully saturated rings. The molecule has 0 bridgehead atoms. The lowest BCUT2D eigenvalue weighted by Gasteiger charge is -2.41. The Balaban J connectivity index is 1.47. The van der Waals surface area contributed by atoms with Crippen LogP contribution < -0.4 is 4.74 Å². The minimum absolute atomic E-state index is 0.0509. The lowest BCUT2D eigenvalue weighted by Crippen LogP contribution is -2.41. The molecule has 0 radical (unpaired) electrons. The van der Waals surface area contributed by atoms with Gasteiger partial charge >= 0.3 is 5.97 Å². The third kappa shape index (κ3) is 6.22. The average Bonchev–Trinajstić information content (AvgIpc) is 3.40. The zero-order chi connectivity index (χ0) is 25.5. The van der Waals surface area contributed by atoms with Crippen molar-refractivity contribution in [1.82, 2.24) is 9.88 Å². The molecule has 36 heavy (non-hydrogen) atoms. The van der Waals surface area contributed by atoms with Gasteiger partial charge in [-0.1, -0.05) is 17.9 Å². The minimum Gasteiger partial charge on any atom is -0.497 e. The lowest BCUT2D eigenvalue weighted by atomic mass is 9.71. The second kappa shape index (κ2) is 11.8. The summed E-state index contributed by atoms with van der Waals surface area (Å²) in [6.45, 7) is 1.42. The number of hydrogen-bond acceptors (Lipinski definition) is 6. The molecular weight excluding hydrogens is 479 g/mol. The van der Waals surface area contributed by atoms with Crippen molar-refractivity contribution in [2.24, 2.45) is 5.41 Å². The molecule has 190 valence electrons. The SMILES string of the molecule is COc1ccc2ncc(CF)c([C@@H](O)CCC3(CC(=O)O)CCN(CC#Cc4cccs4)CC3)c2c1. The van der Waals surface area contributed by atoms with E-state index in [1.807, 2.05) is 17.5 Å². The number of aromatic nitrogens is 1. The quantitative estimate of drug-likeness (QED) is 0.385. The van der Waals surface area contributed by atoms with Crippen LogP contribution in [-0.4, -0.2) is 52.8 Å². The number of fused-ring (bicyclic) bond motifs is 1. The van der Waals surface area contributed by atoms with Crippen LogP contribution in [0, 0.1) is 17.3 Å². The summed E-state index contributed by atoms with van der Waals surface area (Å²) in [5.74, 6) is 6.15. The number of aliphatic hydroxyl groups excluding tert-OH is 1. The van der Waals surface area contributed by atoms with Crippen LogP contribution in [0.2, 0.25) is 0 Å². The van der Waals surface area contributed by atoms with Crippen LogP contribution in [0.1, 0.15) is 54.2 Å². The molecule has 0 aliphatic carbocycles. The highest BCUT2D eigenvalue weighted by atomic mass is 32.1. The number of carboxylic acid groups (broad SMARTS) is 1. The van der Waals surface area contributed by atoms with Crippen LogP contribution >= 0.6 is 11.3 Å². The van der Waals surface area contributed by atoms with Crippen molar-refractivity contribution in [1.29, 1.82) is 0 Å². The maximum Gasteiger partial charge on any atom is 0.303 e. The third-order valence-electron chi connectivity index (χ3n) is 7.10. The molecule has 1 aliphatic heterocycles. The number of aliphatic hydroxyl groups is 1. The summed E-state index contributed by atoms with van der Waals surface area (Å²) >= 11 is 1.61. The van der Waals surface area contributed by atoms with Crippen molar-refractivity contribution in [2.45, 2.75) is 44.9 Å². The zero-order valence-electron chi connectivity index (χ0n) is 20.4. The van der Waals surface area contributed by atoms with Gasteiger partial charge in [-0.3, -0.25) is 14.7 Å². The smallest absolute Gasteiger partial charge is 0.303 e. The van der Waals surface area contributed by atoms with E-state index in [0.717, 1.165) is 18.0 Å². The van der Waals surface area contributed by atoms with Crippen LogP contribution in [0.4, 0.5) is 4.39 Å². The van der Waals surface area contributed by atoms with Gasteiger partial charge < -0.3 is 14.9 Å². The van der Waals surface area contributed by atoms with E-state index in [9.17, 15) is 19.4 Å². The molecule has 2 N–H and O–H groups in total. The lowest BCUT2D eigenvalue weighted by molar-refractivity contribution is -0.141. The highest BCUT2D eigenvalue weighted by molar-refractivity contribution is 7.10. The second-order valence-electron chi connectivity index (χ2n) is 9.39. The van der Waals surface area contributed by atoms with Gasteiger partial charge in [0.15, 0.2) is 0 Å². The molecule has 3 aromatic rings. The predicted molar refractivity (Wildman–Crippen MR) is 139 cm³/mol. The number of piperidine rings is 1. The number of thiophene rings is 1. The molecule has 3 heterocycles. The monoisotopic (exact) mass is 510 g/mol. The van der Waals surface area contributed by atoms with E-state index < -0.39 is 24.2 Å². The maximum absolute atomic E-state index is 13.9. The van der Waals surface area contributed by atoms with Crippen molar-refractivity contribution in [3.8, 4) is 17.6 Å². The number of aliphatic carboxylic acids is 1. The van der Waals surface area contributed by atoms with Gasteiger partial charge in [-0.25, -0.2) is 4.39 Å². The molecule has 1 saturated heterocycles. The van der Waals surface area contributed by atoms with Crippen LogP contribution in [0.3, 0.4) is 0 Å². The first-order valence-corrected chi connectivity index (χ1v) is 13.0. The van der Waals surface area contributed by atoms with Crippen LogP contribution in [-0.2, 0) is 11.5 Å². The first-order chi connectivity index (χ1) is 17.4. The van der Waals surface area contributed by atoms with Crippen molar-refractivity contribution in [3.05, 3.63) is 57.9 Å². The predicted octanol–water partition coefficient (Wildman–Crippen LogP) is 5.20. The highest BCUT2D eigenvalue weighted by Gasteiger charge is 2.37. The van der Waals surface area contributed by atoms with Gasteiger partial charge in [-0.05, 0) is 79.4 Å². The molecule has 1 aliphatic rings. The van der Waals surface area contributed by atoms with Gasteiger partial charge in [0.1, 0.15) is 12.4 Å². The number of rotatable bonds is 9. The second-order valence-corrected chi connectivity index (χ2v) is 10.3. The number of methoxy groups -OCH3 is 1. The van der Waals surface area contributed by atoms with Crippen molar-refractivity contribution >= 4 is 28.2 Å². The minimum atomic E-state index is -0.936. The number of nitrogens with zero attached hydrogens (tertiary/aromatic N) is 2. The summed E-state index contributed by atoms with van der Waals surface area (Å²) in [5, 5.41) is 23.5. The van der Waals surface area contributed by atoms with Crippen molar-refractivity contribution < 1.29 is 24.1 Å². The van der Waals surface area contributed by atoms with E-state index in [-0.39, 0.29) is 6.42 Å². The van der Waals surface area contributed by atoms with E-state index >= 15 is 0 Å². The maximum atomic E-state index is 13.9. The van der Waals surface area contributed by atoms with E-state index in [1.54, 1.807) is 36.6 Å². The normalized spacial score (nSPS) is 16.3. The number of alkyl halides is 1. The number of hydrogen-bond donors (Lipinski definition) is 2. The molecule has 8 heteroatoms. The zero-order valence-corrected chi connectivity index (χ0v) is 21.2.